The number of nitrogens with zero attached hydrogens (tertiary/aromatic N) is 1. The van der Waals surface area contributed by atoms with Gasteiger partial charge in [-0.05, 0) is 41.5 Å². The lowest BCUT2D eigenvalue weighted by molar-refractivity contribution is -0.143. The molecule has 3 rings (SSSR count). The molecule has 1 saturated heterocycles. The van der Waals surface area contributed by atoms with Crippen molar-refractivity contribution in [2.45, 2.75) is 24.8 Å². The Morgan fingerprint density at radius 3 is 2.07 bits per heavy atom. The number of halogens is 8. The Labute approximate surface area is 177 Å². The van der Waals surface area contributed by atoms with Crippen LogP contribution in [0.2, 0.25) is 10.0 Å². The van der Waals surface area contributed by atoms with Gasteiger partial charge in [-0.3, -0.25) is 0 Å². The Morgan fingerprint density at radius 2 is 1.53 bits per heavy atom. The van der Waals surface area contributed by atoms with E-state index in [4.69, 9.17) is 27.9 Å². The normalized spacial score (nSPS) is 17.8. The van der Waals surface area contributed by atoms with Gasteiger partial charge < -0.3 is 9.64 Å². The minimum atomic E-state index is -4.97. The maximum Gasteiger partial charge on any atom is 0.416 e. The fraction of sp³-hybridized carbons (Fsp3) is 0.316. The van der Waals surface area contributed by atoms with Crippen molar-refractivity contribution in [2.24, 2.45) is 0 Å². The standard InChI is InChI=1S/C19H13Cl2F6NO2/c20-15-2-1-11(5-16(15)21)12-8-28(17(29)30-9-12)7-10-3-13(18(22,23)24)6-14(4-10)19(25,26)27/h1-6,12H,7-9H2. The Hall–Kier alpha value is -2.13. The van der Waals surface area contributed by atoms with Gasteiger partial charge in [-0.2, -0.15) is 26.3 Å². The van der Waals surface area contributed by atoms with E-state index >= 15 is 0 Å². The second kappa shape index (κ2) is 8.19. The molecule has 1 unspecified atom stereocenters. The lowest BCUT2D eigenvalue weighted by Crippen LogP contribution is -2.41. The van der Waals surface area contributed by atoms with Crippen LogP contribution >= 0.6 is 23.2 Å². The molecule has 162 valence electrons. The molecule has 1 aliphatic rings. The van der Waals surface area contributed by atoms with E-state index in [1.807, 2.05) is 0 Å². The van der Waals surface area contributed by atoms with Gasteiger partial charge in [0.15, 0.2) is 0 Å². The minimum Gasteiger partial charge on any atom is -0.449 e. The van der Waals surface area contributed by atoms with Crippen molar-refractivity contribution in [3.05, 3.63) is 68.7 Å². The monoisotopic (exact) mass is 471 g/mol. The number of rotatable bonds is 3. The van der Waals surface area contributed by atoms with Crippen molar-refractivity contribution < 1.29 is 35.9 Å². The summed E-state index contributed by atoms with van der Waals surface area (Å²) in [5.41, 5.74) is -2.54. The number of amides is 1. The molecule has 1 atom stereocenters. The van der Waals surface area contributed by atoms with Crippen LogP contribution in [0.4, 0.5) is 31.1 Å². The van der Waals surface area contributed by atoms with Crippen molar-refractivity contribution in [3.63, 3.8) is 0 Å². The van der Waals surface area contributed by atoms with E-state index in [1.54, 1.807) is 18.2 Å². The average molecular weight is 472 g/mol. The van der Waals surface area contributed by atoms with E-state index in [9.17, 15) is 31.1 Å². The van der Waals surface area contributed by atoms with Crippen LogP contribution in [0.25, 0.3) is 0 Å². The fourth-order valence-corrected chi connectivity index (χ4v) is 3.39. The van der Waals surface area contributed by atoms with Gasteiger partial charge in [-0.15, -0.1) is 0 Å². The summed E-state index contributed by atoms with van der Waals surface area (Å²) in [6.07, 6.45) is -10.8. The molecule has 0 aromatic heterocycles. The molecule has 1 fully saturated rings. The van der Waals surface area contributed by atoms with Crippen LogP contribution in [0.5, 0.6) is 0 Å². The van der Waals surface area contributed by atoms with Crippen molar-refractivity contribution >= 4 is 29.3 Å². The van der Waals surface area contributed by atoms with Gasteiger partial charge in [0, 0.05) is 19.0 Å². The summed E-state index contributed by atoms with van der Waals surface area (Å²) in [4.78, 5) is 13.1. The van der Waals surface area contributed by atoms with Crippen LogP contribution in [0, 0.1) is 0 Å². The van der Waals surface area contributed by atoms with Crippen molar-refractivity contribution in [1.29, 1.82) is 0 Å². The van der Waals surface area contributed by atoms with E-state index in [-0.39, 0.29) is 35.7 Å². The van der Waals surface area contributed by atoms with Crippen LogP contribution < -0.4 is 0 Å². The van der Waals surface area contributed by atoms with Crippen LogP contribution in [-0.4, -0.2) is 24.1 Å². The third-order valence-electron chi connectivity index (χ3n) is 4.54. The molecule has 0 spiro atoms. The zero-order chi connectivity index (χ0) is 22.3. The first kappa shape index (κ1) is 22.6. The van der Waals surface area contributed by atoms with Crippen LogP contribution in [0.15, 0.2) is 36.4 Å². The van der Waals surface area contributed by atoms with Gasteiger partial charge in [0.1, 0.15) is 6.61 Å². The molecule has 1 heterocycles. The number of alkyl halides is 6. The van der Waals surface area contributed by atoms with E-state index in [0.29, 0.717) is 22.7 Å². The van der Waals surface area contributed by atoms with Crippen LogP contribution in [-0.2, 0) is 23.6 Å². The summed E-state index contributed by atoms with van der Waals surface area (Å²) in [5.74, 6) is -0.384. The number of cyclic esters (lactones) is 1. The second-order valence-electron chi connectivity index (χ2n) is 6.74. The van der Waals surface area contributed by atoms with E-state index < -0.39 is 36.1 Å². The SMILES string of the molecule is O=C1OCC(c2ccc(Cl)c(Cl)c2)CN1Cc1cc(C(F)(F)F)cc(C(F)(F)F)c1. The van der Waals surface area contributed by atoms with Crippen molar-refractivity contribution in [2.75, 3.05) is 13.2 Å². The zero-order valence-electron chi connectivity index (χ0n) is 15.0. The molecule has 0 N–H and O–H groups in total. The molecule has 0 saturated carbocycles. The quantitative estimate of drug-likeness (QED) is 0.462. The summed E-state index contributed by atoms with van der Waals surface area (Å²) >= 11 is 11.9. The summed E-state index contributed by atoms with van der Waals surface area (Å²) in [6.45, 7) is -0.471. The highest BCUT2D eigenvalue weighted by molar-refractivity contribution is 6.42. The zero-order valence-corrected chi connectivity index (χ0v) is 16.5. The first-order chi connectivity index (χ1) is 13.8. The largest absolute Gasteiger partial charge is 0.449 e. The first-order valence-corrected chi connectivity index (χ1v) is 9.25. The third-order valence-corrected chi connectivity index (χ3v) is 5.28. The number of carbonyl (C=O) groups is 1. The number of hydrogen-bond acceptors (Lipinski definition) is 2. The molecule has 2 aromatic rings. The molecule has 1 amide bonds. The molecule has 2 aromatic carbocycles. The lowest BCUT2D eigenvalue weighted by atomic mass is 9.98. The molecule has 0 bridgehead atoms. The maximum absolute atomic E-state index is 13.0. The van der Waals surface area contributed by atoms with Gasteiger partial charge in [-0.1, -0.05) is 29.3 Å². The smallest absolute Gasteiger partial charge is 0.416 e. The Balaban J connectivity index is 1.88. The fourth-order valence-electron chi connectivity index (χ4n) is 3.08. The average Bonchev–Trinajstić information content (AvgIpc) is 2.64. The summed E-state index contributed by atoms with van der Waals surface area (Å²) in [5, 5.41) is 0.582. The number of hydrogen-bond donors (Lipinski definition) is 0. The van der Waals surface area contributed by atoms with Crippen molar-refractivity contribution in [1.82, 2.24) is 4.90 Å². The Morgan fingerprint density at radius 1 is 0.933 bits per heavy atom. The van der Waals surface area contributed by atoms with Gasteiger partial charge >= 0.3 is 18.4 Å². The summed E-state index contributed by atoms with van der Waals surface area (Å²) in [6, 6.07) is 5.98. The van der Waals surface area contributed by atoms with Gasteiger partial charge in [0.05, 0.1) is 21.2 Å². The number of ether oxygens (including phenoxy) is 1. The first-order valence-electron chi connectivity index (χ1n) is 8.49. The molecule has 0 radical (unpaired) electrons. The highest BCUT2D eigenvalue weighted by atomic mass is 35.5. The molecular formula is C19H13Cl2F6NO2. The lowest BCUT2D eigenvalue weighted by Gasteiger charge is -2.33. The highest BCUT2D eigenvalue weighted by Crippen LogP contribution is 2.37. The van der Waals surface area contributed by atoms with E-state index in [1.165, 1.54) is 0 Å². The van der Waals surface area contributed by atoms with Gasteiger partial charge in [0.25, 0.3) is 0 Å². The van der Waals surface area contributed by atoms with Crippen LogP contribution in [0.3, 0.4) is 0 Å². The second-order valence-corrected chi connectivity index (χ2v) is 7.56. The Bertz CT molecular complexity index is 929. The van der Waals surface area contributed by atoms with E-state index in [2.05, 4.69) is 0 Å². The van der Waals surface area contributed by atoms with Crippen molar-refractivity contribution in [3.8, 4) is 0 Å². The topological polar surface area (TPSA) is 29.5 Å². The Kier molecular flexibility index (Phi) is 6.15. The highest BCUT2D eigenvalue weighted by Gasteiger charge is 2.37. The van der Waals surface area contributed by atoms with Gasteiger partial charge in [-0.25, -0.2) is 4.79 Å². The molecular weight excluding hydrogens is 459 g/mol. The summed E-state index contributed by atoms with van der Waals surface area (Å²) in [7, 11) is 0. The molecule has 11 heteroatoms. The summed E-state index contributed by atoms with van der Waals surface area (Å²) < 4.78 is 83.4. The number of benzene rings is 2. The molecule has 3 nitrogen and oxygen atoms in total. The third kappa shape index (κ3) is 5.13. The maximum atomic E-state index is 13.0. The predicted molar refractivity (Wildman–Crippen MR) is 97.4 cm³/mol. The molecule has 1 aliphatic heterocycles. The minimum absolute atomic E-state index is 0.0102. The van der Waals surface area contributed by atoms with Crippen LogP contribution in [0.1, 0.15) is 28.2 Å². The number of carbonyl (C=O) groups excluding carboxylic acids is 1. The molecule has 30 heavy (non-hydrogen) atoms. The predicted octanol–water partition coefficient (Wildman–Crippen LogP) is 6.77. The molecule has 0 aliphatic carbocycles. The van der Waals surface area contributed by atoms with Gasteiger partial charge in [0.2, 0.25) is 0 Å². The van der Waals surface area contributed by atoms with E-state index in [0.717, 1.165) is 4.90 Å².